The van der Waals surface area contributed by atoms with E-state index in [2.05, 4.69) is 5.10 Å². The smallest absolute Gasteiger partial charge is 0.177 e. The van der Waals surface area contributed by atoms with Crippen LogP contribution in [0.1, 0.15) is 25.7 Å². The molecule has 2 aliphatic heterocycles. The SMILES string of the molecule is NN=C(N)SC1CCOC2(CCOCC2)C1. The van der Waals surface area contributed by atoms with E-state index < -0.39 is 0 Å². The maximum absolute atomic E-state index is 5.95. The van der Waals surface area contributed by atoms with E-state index in [0.717, 1.165) is 45.5 Å². The first-order chi connectivity index (χ1) is 7.74. The maximum atomic E-state index is 5.95. The van der Waals surface area contributed by atoms with Gasteiger partial charge in [-0.1, -0.05) is 11.8 Å². The molecule has 0 aromatic heterocycles. The summed E-state index contributed by atoms with van der Waals surface area (Å²) in [4.78, 5) is 0. The summed E-state index contributed by atoms with van der Waals surface area (Å²) in [5.74, 6) is 5.15. The summed E-state index contributed by atoms with van der Waals surface area (Å²) in [5.41, 5.74) is 5.66. The number of hydrazone groups is 1. The van der Waals surface area contributed by atoms with E-state index in [1.54, 1.807) is 11.8 Å². The van der Waals surface area contributed by atoms with Crippen LogP contribution in [0.4, 0.5) is 0 Å². The second-order valence-corrected chi connectivity index (χ2v) is 5.66. The number of nitrogens with two attached hydrogens (primary N) is 2. The Morgan fingerprint density at radius 2 is 2.06 bits per heavy atom. The third kappa shape index (κ3) is 2.81. The molecule has 1 spiro atoms. The largest absolute Gasteiger partial charge is 0.381 e. The average molecular weight is 245 g/mol. The van der Waals surface area contributed by atoms with E-state index in [1.807, 2.05) is 0 Å². The van der Waals surface area contributed by atoms with Gasteiger partial charge < -0.3 is 21.1 Å². The van der Waals surface area contributed by atoms with Gasteiger partial charge in [0.1, 0.15) is 0 Å². The Morgan fingerprint density at radius 3 is 2.75 bits per heavy atom. The van der Waals surface area contributed by atoms with Crippen molar-refractivity contribution in [2.24, 2.45) is 16.7 Å². The predicted molar refractivity (Wildman–Crippen MR) is 65.2 cm³/mol. The second kappa shape index (κ2) is 5.25. The Kier molecular flexibility index (Phi) is 3.94. The molecule has 1 unspecified atom stereocenters. The number of hydrogen-bond acceptors (Lipinski definition) is 5. The normalized spacial score (nSPS) is 30.5. The van der Waals surface area contributed by atoms with Crippen LogP contribution in [0.5, 0.6) is 0 Å². The zero-order chi connectivity index (χ0) is 11.4. The van der Waals surface area contributed by atoms with E-state index in [0.29, 0.717) is 10.4 Å². The molecule has 0 radical (unpaired) electrons. The van der Waals surface area contributed by atoms with Crippen molar-refractivity contribution in [2.45, 2.75) is 36.5 Å². The molecule has 2 fully saturated rings. The lowest BCUT2D eigenvalue weighted by Gasteiger charge is -2.42. The Labute approximate surface area is 99.9 Å². The highest BCUT2D eigenvalue weighted by molar-refractivity contribution is 8.14. The van der Waals surface area contributed by atoms with E-state index in [-0.39, 0.29) is 5.60 Å². The van der Waals surface area contributed by atoms with Gasteiger partial charge in [0.25, 0.3) is 0 Å². The Morgan fingerprint density at radius 1 is 1.31 bits per heavy atom. The van der Waals surface area contributed by atoms with Crippen molar-refractivity contribution in [3.05, 3.63) is 0 Å². The lowest BCUT2D eigenvalue weighted by Crippen LogP contribution is -2.45. The summed E-state index contributed by atoms with van der Waals surface area (Å²) >= 11 is 1.57. The monoisotopic (exact) mass is 245 g/mol. The van der Waals surface area contributed by atoms with Gasteiger partial charge in [0.05, 0.1) is 5.60 Å². The molecule has 1 atom stereocenters. The molecule has 2 rings (SSSR count). The summed E-state index contributed by atoms with van der Waals surface area (Å²) in [7, 11) is 0. The Bertz CT molecular complexity index is 261. The number of thioether (sulfide) groups is 1. The zero-order valence-electron chi connectivity index (χ0n) is 9.35. The topological polar surface area (TPSA) is 82.9 Å². The molecule has 6 heteroatoms. The highest BCUT2D eigenvalue weighted by atomic mass is 32.2. The van der Waals surface area contributed by atoms with Crippen LogP contribution in [0, 0.1) is 0 Å². The molecule has 5 nitrogen and oxygen atoms in total. The summed E-state index contributed by atoms with van der Waals surface area (Å²) < 4.78 is 11.3. The molecule has 0 amide bonds. The first-order valence-electron chi connectivity index (χ1n) is 5.66. The van der Waals surface area contributed by atoms with Crippen LogP contribution < -0.4 is 11.6 Å². The lowest BCUT2D eigenvalue weighted by atomic mass is 9.86. The van der Waals surface area contributed by atoms with Gasteiger partial charge in [0.2, 0.25) is 0 Å². The molecule has 16 heavy (non-hydrogen) atoms. The molecule has 2 heterocycles. The van der Waals surface area contributed by atoms with Crippen LogP contribution in [-0.4, -0.2) is 35.8 Å². The third-order valence-corrected chi connectivity index (χ3v) is 4.35. The number of nitrogens with zero attached hydrogens (tertiary/aromatic N) is 1. The molecule has 0 aromatic carbocycles. The zero-order valence-corrected chi connectivity index (χ0v) is 10.2. The van der Waals surface area contributed by atoms with E-state index in [1.165, 1.54) is 0 Å². The van der Waals surface area contributed by atoms with Gasteiger partial charge >= 0.3 is 0 Å². The van der Waals surface area contributed by atoms with Gasteiger partial charge in [0.15, 0.2) is 5.17 Å². The number of amidine groups is 1. The summed E-state index contributed by atoms with van der Waals surface area (Å²) in [6.07, 6.45) is 4.02. The second-order valence-electron chi connectivity index (χ2n) is 4.34. The molecular weight excluding hydrogens is 226 g/mol. The molecular formula is C10H19N3O2S. The minimum atomic E-state index is 0.0169. The van der Waals surface area contributed by atoms with Gasteiger partial charge in [-0.2, -0.15) is 5.10 Å². The molecule has 4 N–H and O–H groups in total. The van der Waals surface area contributed by atoms with Crippen molar-refractivity contribution in [3.63, 3.8) is 0 Å². The van der Waals surface area contributed by atoms with Crippen molar-refractivity contribution in [1.29, 1.82) is 0 Å². The van der Waals surface area contributed by atoms with Crippen LogP contribution in [0.3, 0.4) is 0 Å². The van der Waals surface area contributed by atoms with Crippen LogP contribution in [0.25, 0.3) is 0 Å². The molecule has 2 aliphatic rings. The Hall–Kier alpha value is -0.460. The summed E-state index contributed by atoms with van der Waals surface area (Å²) in [5, 5.41) is 4.45. The first-order valence-corrected chi connectivity index (χ1v) is 6.54. The molecule has 92 valence electrons. The summed E-state index contributed by atoms with van der Waals surface area (Å²) in [6.45, 7) is 2.41. The molecule has 0 aromatic rings. The third-order valence-electron chi connectivity index (χ3n) is 3.27. The summed E-state index contributed by atoms with van der Waals surface area (Å²) in [6, 6.07) is 0. The molecule has 2 saturated heterocycles. The first kappa shape index (κ1) is 12.0. The van der Waals surface area contributed by atoms with Gasteiger partial charge in [-0.05, 0) is 25.7 Å². The van der Waals surface area contributed by atoms with Crippen LogP contribution in [-0.2, 0) is 9.47 Å². The van der Waals surface area contributed by atoms with Crippen LogP contribution in [0.2, 0.25) is 0 Å². The highest BCUT2D eigenvalue weighted by Crippen LogP contribution is 2.38. The average Bonchev–Trinajstić information content (AvgIpc) is 2.30. The molecule has 0 bridgehead atoms. The fourth-order valence-corrected chi connectivity index (χ4v) is 3.38. The van der Waals surface area contributed by atoms with Gasteiger partial charge in [-0.15, -0.1) is 0 Å². The van der Waals surface area contributed by atoms with Gasteiger partial charge in [-0.3, -0.25) is 0 Å². The van der Waals surface area contributed by atoms with Crippen molar-refractivity contribution in [3.8, 4) is 0 Å². The van der Waals surface area contributed by atoms with Crippen molar-refractivity contribution < 1.29 is 9.47 Å². The minimum Gasteiger partial charge on any atom is -0.381 e. The highest BCUT2D eigenvalue weighted by Gasteiger charge is 2.39. The number of rotatable bonds is 1. The van der Waals surface area contributed by atoms with Gasteiger partial charge in [-0.25, -0.2) is 0 Å². The minimum absolute atomic E-state index is 0.0169. The number of hydrogen-bond donors (Lipinski definition) is 2. The van der Waals surface area contributed by atoms with E-state index in [9.17, 15) is 0 Å². The van der Waals surface area contributed by atoms with Crippen LogP contribution >= 0.6 is 11.8 Å². The maximum Gasteiger partial charge on any atom is 0.177 e. The van der Waals surface area contributed by atoms with Crippen LogP contribution in [0.15, 0.2) is 5.10 Å². The Balaban J connectivity index is 1.92. The van der Waals surface area contributed by atoms with Crippen molar-refractivity contribution in [1.82, 2.24) is 0 Å². The lowest BCUT2D eigenvalue weighted by molar-refractivity contribution is -0.131. The fourth-order valence-electron chi connectivity index (χ4n) is 2.38. The quantitative estimate of drug-likeness (QED) is 0.306. The van der Waals surface area contributed by atoms with E-state index in [4.69, 9.17) is 21.1 Å². The standard InChI is InChI=1S/C10H19N3O2S/c11-9(13-12)16-8-1-4-15-10(7-8)2-5-14-6-3-10/h8H,1-7,12H2,(H2,11,13). The molecule has 0 aliphatic carbocycles. The predicted octanol–water partition coefficient (Wildman–Crippen LogP) is 0.636. The van der Waals surface area contributed by atoms with E-state index >= 15 is 0 Å². The fraction of sp³-hybridized carbons (Fsp3) is 0.900. The molecule has 0 saturated carbocycles. The van der Waals surface area contributed by atoms with Crippen molar-refractivity contribution in [2.75, 3.05) is 19.8 Å². The van der Waals surface area contributed by atoms with Gasteiger partial charge in [0, 0.05) is 25.1 Å². The van der Waals surface area contributed by atoms with Crippen molar-refractivity contribution >= 4 is 16.9 Å². The number of ether oxygens (including phenoxy) is 2.